The highest BCUT2D eigenvalue weighted by Crippen LogP contribution is 2.31. The molecule has 0 aliphatic carbocycles. The van der Waals surface area contributed by atoms with Crippen molar-refractivity contribution in [1.82, 2.24) is 5.43 Å². The first kappa shape index (κ1) is 22.5. The second-order valence-corrected chi connectivity index (χ2v) is 8.39. The molecule has 3 rings (SSSR count). The molecule has 0 saturated heterocycles. The lowest BCUT2D eigenvalue weighted by Gasteiger charge is -2.25. The van der Waals surface area contributed by atoms with Crippen molar-refractivity contribution in [3.8, 4) is 11.8 Å². The maximum absolute atomic E-state index is 13.3. The predicted octanol–water partition coefficient (Wildman–Crippen LogP) is 2.91. The molecule has 0 heterocycles. The van der Waals surface area contributed by atoms with Crippen LogP contribution in [0.15, 0.2) is 88.9 Å². The number of benzene rings is 3. The molecule has 0 spiro atoms. The SMILES string of the molecule is COc1ccccc1N(CC(=O)NN=Cc1ccc(C#N)cc1)S(=O)(=O)c1ccccc1. The van der Waals surface area contributed by atoms with Crippen LogP contribution in [0.3, 0.4) is 0 Å². The highest BCUT2D eigenvalue weighted by Gasteiger charge is 2.29. The average Bonchev–Trinajstić information content (AvgIpc) is 2.83. The standard InChI is InChI=1S/C23H20N4O4S/c1-31-22-10-6-5-9-21(22)27(32(29,30)20-7-3-2-4-8-20)17-23(28)26-25-16-19-13-11-18(15-24)12-14-19/h2-14,16H,17H2,1H3,(H,26,28). The summed E-state index contributed by atoms with van der Waals surface area (Å²) in [5.41, 5.74) is 3.74. The fraction of sp³-hybridized carbons (Fsp3) is 0.0870. The van der Waals surface area contributed by atoms with E-state index >= 15 is 0 Å². The van der Waals surface area contributed by atoms with Gasteiger partial charge in [0.25, 0.3) is 15.9 Å². The summed E-state index contributed by atoms with van der Waals surface area (Å²) in [6, 6.07) is 23.0. The van der Waals surface area contributed by atoms with Crippen LogP contribution in [0, 0.1) is 11.3 Å². The summed E-state index contributed by atoms with van der Waals surface area (Å²) in [4.78, 5) is 12.6. The monoisotopic (exact) mass is 448 g/mol. The van der Waals surface area contributed by atoms with E-state index in [1.54, 1.807) is 66.7 Å². The van der Waals surface area contributed by atoms with E-state index in [-0.39, 0.29) is 10.6 Å². The van der Waals surface area contributed by atoms with Crippen molar-refractivity contribution in [2.45, 2.75) is 4.90 Å². The van der Waals surface area contributed by atoms with Gasteiger partial charge in [-0.3, -0.25) is 9.10 Å². The van der Waals surface area contributed by atoms with E-state index in [0.717, 1.165) is 4.31 Å². The van der Waals surface area contributed by atoms with Crippen molar-refractivity contribution in [2.24, 2.45) is 5.10 Å². The molecule has 0 fully saturated rings. The minimum Gasteiger partial charge on any atom is -0.495 e. The Morgan fingerprint density at radius 1 is 1.06 bits per heavy atom. The van der Waals surface area contributed by atoms with E-state index in [9.17, 15) is 13.2 Å². The predicted molar refractivity (Wildman–Crippen MR) is 121 cm³/mol. The first-order valence-corrected chi connectivity index (χ1v) is 10.9. The number of carbonyl (C=O) groups is 1. The Bertz CT molecular complexity index is 1250. The number of hydrazone groups is 1. The van der Waals surface area contributed by atoms with Crippen molar-refractivity contribution in [1.29, 1.82) is 5.26 Å². The molecule has 0 aliphatic heterocycles. The van der Waals surface area contributed by atoms with Gasteiger partial charge in [0.05, 0.1) is 35.5 Å². The Balaban J connectivity index is 1.84. The van der Waals surface area contributed by atoms with Crippen LogP contribution in [0.5, 0.6) is 5.75 Å². The number of hydrogen-bond donors (Lipinski definition) is 1. The zero-order chi connectivity index (χ0) is 23.0. The molecule has 0 unspecified atom stereocenters. The van der Waals surface area contributed by atoms with Crippen LogP contribution in [0.2, 0.25) is 0 Å². The number of methoxy groups -OCH3 is 1. The van der Waals surface area contributed by atoms with Crippen molar-refractivity contribution in [3.05, 3.63) is 90.0 Å². The van der Waals surface area contributed by atoms with Gasteiger partial charge >= 0.3 is 0 Å². The van der Waals surface area contributed by atoms with E-state index in [1.165, 1.54) is 25.5 Å². The number of para-hydroxylation sites is 2. The van der Waals surface area contributed by atoms with Gasteiger partial charge in [0.1, 0.15) is 12.3 Å². The third-order valence-electron chi connectivity index (χ3n) is 4.41. The number of amides is 1. The summed E-state index contributed by atoms with van der Waals surface area (Å²) in [5.74, 6) is -0.332. The number of nitriles is 1. The van der Waals surface area contributed by atoms with Crippen molar-refractivity contribution in [2.75, 3.05) is 18.0 Å². The summed E-state index contributed by atoms with van der Waals surface area (Å²) < 4.78 is 32.9. The molecule has 32 heavy (non-hydrogen) atoms. The van der Waals surface area contributed by atoms with Gasteiger partial charge in [0.2, 0.25) is 0 Å². The molecule has 1 amide bonds. The third-order valence-corrected chi connectivity index (χ3v) is 6.19. The van der Waals surface area contributed by atoms with Gasteiger partial charge in [-0.2, -0.15) is 10.4 Å². The topological polar surface area (TPSA) is 112 Å². The number of anilines is 1. The number of ether oxygens (including phenoxy) is 1. The van der Waals surface area contributed by atoms with E-state index < -0.39 is 22.5 Å². The fourth-order valence-electron chi connectivity index (χ4n) is 2.84. The Kier molecular flexibility index (Phi) is 7.21. The van der Waals surface area contributed by atoms with Crippen LogP contribution >= 0.6 is 0 Å². The lowest BCUT2D eigenvalue weighted by atomic mass is 10.2. The highest BCUT2D eigenvalue weighted by molar-refractivity contribution is 7.92. The van der Waals surface area contributed by atoms with E-state index in [1.807, 2.05) is 6.07 Å². The van der Waals surface area contributed by atoms with Crippen LogP contribution in [-0.2, 0) is 14.8 Å². The summed E-state index contributed by atoms with van der Waals surface area (Å²) >= 11 is 0. The van der Waals surface area contributed by atoms with Crippen LogP contribution in [0.1, 0.15) is 11.1 Å². The van der Waals surface area contributed by atoms with Crippen LogP contribution in [-0.4, -0.2) is 34.2 Å². The van der Waals surface area contributed by atoms with Crippen LogP contribution in [0.25, 0.3) is 0 Å². The average molecular weight is 449 g/mol. The molecular weight excluding hydrogens is 428 g/mol. The van der Waals surface area contributed by atoms with Gasteiger partial charge in [-0.25, -0.2) is 13.8 Å². The largest absolute Gasteiger partial charge is 0.495 e. The molecule has 0 radical (unpaired) electrons. The van der Waals surface area contributed by atoms with Gasteiger partial charge in [-0.15, -0.1) is 0 Å². The van der Waals surface area contributed by atoms with E-state index in [2.05, 4.69) is 10.5 Å². The Morgan fingerprint density at radius 3 is 2.38 bits per heavy atom. The van der Waals surface area contributed by atoms with Crippen molar-refractivity contribution < 1.29 is 17.9 Å². The molecule has 3 aromatic carbocycles. The Morgan fingerprint density at radius 2 is 1.72 bits per heavy atom. The summed E-state index contributed by atoms with van der Waals surface area (Å²) in [6.45, 7) is -0.512. The number of sulfonamides is 1. The van der Waals surface area contributed by atoms with Gasteiger partial charge in [0, 0.05) is 0 Å². The molecule has 162 valence electrons. The molecule has 9 heteroatoms. The number of carbonyl (C=O) groups excluding carboxylic acids is 1. The van der Waals surface area contributed by atoms with Gasteiger partial charge in [0.15, 0.2) is 0 Å². The highest BCUT2D eigenvalue weighted by atomic mass is 32.2. The second kappa shape index (κ2) is 10.2. The number of nitrogens with zero attached hydrogens (tertiary/aromatic N) is 3. The zero-order valence-electron chi connectivity index (χ0n) is 17.2. The van der Waals surface area contributed by atoms with Gasteiger partial charge in [-0.05, 0) is 42.0 Å². The molecule has 8 nitrogen and oxygen atoms in total. The molecule has 0 aliphatic rings. The lowest BCUT2D eigenvalue weighted by Crippen LogP contribution is -2.39. The number of nitrogens with one attached hydrogen (secondary N) is 1. The third kappa shape index (κ3) is 5.30. The maximum Gasteiger partial charge on any atom is 0.264 e. The quantitative estimate of drug-likeness (QED) is 0.421. The van der Waals surface area contributed by atoms with Crippen LogP contribution in [0.4, 0.5) is 5.69 Å². The molecule has 0 bridgehead atoms. The van der Waals surface area contributed by atoms with E-state index in [4.69, 9.17) is 10.00 Å². The van der Waals surface area contributed by atoms with Crippen molar-refractivity contribution >= 4 is 27.8 Å². The van der Waals surface area contributed by atoms with E-state index in [0.29, 0.717) is 16.9 Å². The Hall–Kier alpha value is -4.16. The Labute approximate surface area is 186 Å². The first-order chi connectivity index (χ1) is 15.5. The smallest absolute Gasteiger partial charge is 0.264 e. The maximum atomic E-state index is 13.3. The van der Waals surface area contributed by atoms with Crippen molar-refractivity contribution in [3.63, 3.8) is 0 Å². The minimum absolute atomic E-state index is 0.0415. The molecule has 1 N–H and O–H groups in total. The summed E-state index contributed by atoms with van der Waals surface area (Å²) in [7, 11) is -2.63. The molecule has 0 atom stereocenters. The first-order valence-electron chi connectivity index (χ1n) is 9.48. The van der Waals surface area contributed by atoms with Gasteiger partial charge < -0.3 is 4.74 Å². The molecule has 0 aromatic heterocycles. The second-order valence-electron chi connectivity index (χ2n) is 6.52. The van der Waals surface area contributed by atoms with Gasteiger partial charge in [-0.1, -0.05) is 42.5 Å². The minimum atomic E-state index is -4.06. The molecule has 0 saturated carbocycles. The van der Waals surface area contributed by atoms with Crippen LogP contribution < -0.4 is 14.5 Å². The molecule has 3 aromatic rings. The number of hydrogen-bond acceptors (Lipinski definition) is 6. The lowest BCUT2D eigenvalue weighted by molar-refractivity contribution is -0.119. The zero-order valence-corrected chi connectivity index (χ0v) is 18.0. The normalized spacial score (nSPS) is 11.0. The summed E-state index contributed by atoms with van der Waals surface area (Å²) in [5, 5.41) is 12.7. The summed E-state index contributed by atoms with van der Waals surface area (Å²) in [6.07, 6.45) is 1.40. The fourth-order valence-corrected chi connectivity index (χ4v) is 4.30. The number of rotatable bonds is 8. The molecular formula is C23H20N4O4S.